The van der Waals surface area contributed by atoms with Crippen LogP contribution in [0.1, 0.15) is 85.2 Å². The van der Waals surface area contributed by atoms with Crippen LogP contribution in [0.2, 0.25) is 0 Å². The molecule has 57 heavy (non-hydrogen) atoms. The topological polar surface area (TPSA) is 172 Å². The van der Waals surface area contributed by atoms with E-state index >= 15 is 0 Å². The van der Waals surface area contributed by atoms with Crippen molar-refractivity contribution in [2.75, 3.05) is 51.3 Å². The van der Waals surface area contributed by atoms with Gasteiger partial charge in [-0.25, -0.2) is 8.42 Å². The fourth-order valence-electron chi connectivity index (χ4n) is 7.67. The number of nitrogens with zero attached hydrogens (tertiary/aromatic N) is 6. The Bertz CT molecular complexity index is 2240. The van der Waals surface area contributed by atoms with Gasteiger partial charge in [0.15, 0.2) is 5.65 Å². The van der Waals surface area contributed by atoms with Gasteiger partial charge >= 0.3 is 12.1 Å². The van der Waals surface area contributed by atoms with Gasteiger partial charge in [-0.15, -0.1) is 10.2 Å². The number of fused-ring (bicyclic) bond motifs is 2. The molecular formula is C39H50F3N7O7S. The number of carbonyl (C=O) groups is 1. The summed E-state index contributed by atoms with van der Waals surface area (Å²) in [5.41, 5.74) is 0.164. The van der Waals surface area contributed by atoms with Gasteiger partial charge < -0.3 is 25.0 Å². The van der Waals surface area contributed by atoms with E-state index in [1.54, 1.807) is 39.0 Å². The first kappa shape index (κ1) is 42.3. The molecule has 14 nitrogen and oxygen atoms in total. The number of halogens is 3. The molecule has 1 fully saturated rings. The number of sulfonamides is 1. The highest BCUT2D eigenvalue weighted by Crippen LogP contribution is 2.44. The van der Waals surface area contributed by atoms with E-state index in [0.29, 0.717) is 40.8 Å². The zero-order valence-corrected chi connectivity index (χ0v) is 33.8. The molecule has 1 unspecified atom stereocenters. The number of nitrogens with one attached hydrogen (secondary N) is 1. The quantitative estimate of drug-likeness (QED) is 0.172. The van der Waals surface area contributed by atoms with Crippen molar-refractivity contribution in [3.05, 3.63) is 75.7 Å². The molecule has 4 aromatic rings. The van der Waals surface area contributed by atoms with E-state index in [2.05, 4.69) is 25.4 Å². The second-order valence-electron chi connectivity index (χ2n) is 15.7. The number of pyridine rings is 2. The Hall–Kier alpha value is -4.36. The number of carboxylic acid groups (broad SMARTS) is 1. The van der Waals surface area contributed by atoms with E-state index in [1.807, 2.05) is 6.92 Å². The molecule has 6 rings (SSSR count). The summed E-state index contributed by atoms with van der Waals surface area (Å²) in [6.07, 6.45) is -1.10. The summed E-state index contributed by atoms with van der Waals surface area (Å²) < 4.78 is 84.3. The van der Waals surface area contributed by atoms with E-state index in [9.17, 15) is 36.6 Å². The number of aromatic nitrogens is 4. The number of alkyl halides is 3. The molecule has 1 saturated heterocycles. The summed E-state index contributed by atoms with van der Waals surface area (Å²) in [5, 5.41) is 32.0. The number of likely N-dealkylation sites (tertiary alicyclic amines) is 1. The number of aliphatic carboxylic acids is 1. The van der Waals surface area contributed by atoms with Crippen LogP contribution in [0.4, 0.5) is 19.0 Å². The molecule has 310 valence electrons. The number of hydrogen-bond acceptors (Lipinski definition) is 11. The molecule has 0 saturated carbocycles. The van der Waals surface area contributed by atoms with Gasteiger partial charge in [0, 0.05) is 38.4 Å². The Kier molecular flexibility index (Phi) is 11.9. The van der Waals surface area contributed by atoms with Crippen molar-refractivity contribution in [2.24, 2.45) is 5.41 Å². The minimum absolute atomic E-state index is 0.0433. The molecule has 0 amide bonds. The molecule has 0 spiro atoms. The van der Waals surface area contributed by atoms with Crippen LogP contribution in [0.25, 0.3) is 5.65 Å². The zero-order chi connectivity index (χ0) is 41.5. The molecule has 3 aromatic heterocycles. The van der Waals surface area contributed by atoms with E-state index in [-0.39, 0.29) is 55.2 Å². The van der Waals surface area contributed by atoms with Gasteiger partial charge in [-0.05, 0) is 119 Å². The van der Waals surface area contributed by atoms with Crippen molar-refractivity contribution in [3.63, 3.8) is 0 Å². The number of anilines is 1. The monoisotopic (exact) mass is 817 g/mol. The summed E-state index contributed by atoms with van der Waals surface area (Å²) in [5.74, 6) is -3.10. The van der Waals surface area contributed by atoms with Gasteiger partial charge in [-0.3, -0.25) is 14.1 Å². The number of aliphatic hydroxyl groups is 1. The number of carboxylic acids is 1. The molecule has 2 aliphatic rings. The molecule has 0 radical (unpaired) electrons. The second-order valence-corrected chi connectivity index (χ2v) is 17.7. The fraction of sp³-hybridized carbons (Fsp3) is 0.538. The van der Waals surface area contributed by atoms with E-state index < -0.39 is 45.1 Å². The van der Waals surface area contributed by atoms with E-state index in [1.165, 1.54) is 36.5 Å². The molecule has 2 atom stereocenters. The van der Waals surface area contributed by atoms with Crippen LogP contribution in [-0.2, 0) is 32.3 Å². The number of rotatable bonds is 10. The largest absolute Gasteiger partial charge is 0.481 e. The Morgan fingerprint density at radius 3 is 2.37 bits per heavy atom. The van der Waals surface area contributed by atoms with Gasteiger partial charge in [0.25, 0.3) is 0 Å². The Balaban J connectivity index is 1.39. The first-order chi connectivity index (χ1) is 26.7. The smallest absolute Gasteiger partial charge is 0.452 e. The Morgan fingerprint density at radius 2 is 1.68 bits per heavy atom. The maximum Gasteiger partial charge on any atom is 0.452 e. The van der Waals surface area contributed by atoms with Gasteiger partial charge in [0.2, 0.25) is 21.7 Å². The molecule has 1 aromatic carbocycles. The van der Waals surface area contributed by atoms with Gasteiger partial charge in [0.05, 0.1) is 12.0 Å². The lowest BCUT2D eigenvalue weighted by molar-refractivity contribution is -0.147. The van der Waals surface area contributed by atoms with Crippen LogP contribution in [-0.4, -0.2) is 105 Å². The number of hydrogen-bond donors (Lipinski definition) is 3. The minimum Gasteiger partial charge on any atom is -0.481 e. The molecular weight excluding hydrogens is 768 g/mol. The normalized spacial score (nSPS) is 19.0. The van der Waals surface area contributed by atoms with Crippen molar-refractivity contribution in [1.29, 1.82) is 0 Å². The van der Waals surface area contributed by atoms with Gasteiger partial charge in [-0.2, -0.15) is 22.5 Å². The first-order valence-electron chi connectivity index (χ1n) is 18.9. The SMILES string of the molecule is Cc1ccc([C@H](c2ccn3c(C(F)(F)F)nnc3c2C)C(C)(C)C(=O)O)cc1CN1CCCOCCOc2nc(NC(C)(O)CN3CCCC3)c(C)cc2S1(=O)=O. The van der Waals surface area contributed by atoms with Crippen molar-refractivity contribution in [2.45, 2.75) is 90.1 Å². The first-order valence-corrected chi connectivity index (χ1v) is 20.3. The molecule has 3 N–H and O–H groups in total. The van der Waals surface area contributed by atoms with Gasteiger partial charge in [-0.1, -0.05) is 18.2 Å². The molecule has 0 bridgehead atoms. The summed E-state index contributed by atoms with van der Waals surface area (Å²) >= 11 is 0. The van der Waals surface area contributed by atoms with Crippen LogP contribution >= 0.6 is 0 Å². The molecule has 18 heteroatoms. The highest BCUT2D eigenvalue weighted by atomic mass is 32.2. The van der Waals surface area contributed by atoms with Crippen LogP contribution in [0.3, 0.4) is 0 Å². The van der Waals surface area contributed by atoms with E-state index in [0.717, 1.165) is 35.9 Å². The molecule has 0 aliphatic carbocycles. The van der Waals surface area contributed by atoms with E-state index in [4.69, 9.17) is 9.47 Å². The predicted octanol–water partition coefficient (Wildman–Crippen LogP) is 5.52. The average molecular weight is 818 g/mol. The fourth-order valence-corrected chi connectivity index (χ4v) is 9.27. The summed E-state index contributed by atoms with van der Waals surface area (Å²) in [7, 11) is -4.30. The molecule has 2 aliphatic heterocycles. The average Bonchev–Trinajstić information content (AvgIpc) is 3.80. The van der Waals surface area contributed by atoms with Crippen molar-refractivity contribution >= 4 is 27.5 Å². The standard InChI is InChI=1S/C39H50F3N7O7S/c1-24-10-11-27(31(37(4,5)36(50)51)29-12-16-49-33(26(29)3)45-46-35(49)39(40,41)42)21-28(24)22-48-15-9-17-55-18-19-56-34-30(57(48,53)54)20-25(2)32(43-34)44-38(6,52)23-47-13-7-8-14-47/h10-12,16,20-21,31,52H,7-9,13-15,17-19,22-23H2,1-6H3,(H,43,44)(H,50,51)/t31-,38?/m1/s1. The summed E-state index contributed by atoms with van der Waals surface area (Å²) in [6.45, 7) is 12.4. The maximum atomic E-state index is 14.7. The minimum atomic E-state index is -4.76. The zero-order valence-electron chi connectivity index (χ0n) is 33.0. The number of β-amino-alcohol motifs (C(OH)–C–C–N with tert-alkyl or cyclic N) is 1. The van der Waals surface area contributed by atoms with Crippen LogP contribution in [0, 0.1) is 26.2 Å². The van der Waals surface area contributed by atoms with Crippen molar-refractivity contribution in [3.8, 4) is 5.88 Å². The Morgan fingerprint density at radius 1 is 0.965 bits per heavy atom. The lowest BCUT2D eigenvalue weighted by Crippen LogP contribution is -2.46. The third-order valence-corrected chi connectivity index (χ3v) is 12.6. The second kappa shape index (κ2) is 16.1. The molecule has 5 heterocycles. The van der Waals surface area contributed by atoms with Crippen LogP contribution < -0.4 is 10.1 Å². The number of aryl methyl sites for hydroxylation is 3. The van der Waals surface area contributed by atoms with Crippen molar-refractivity contribution < 1.29 is 46.1 Å². The van der Waals surface area contributed by atoms with Crippen LogP contribution in [0.15, 0.2) is 41.4 Å². The summed E-state index contributed by atoms with van der Waals surface area (Å²) in [6, 6.07) is 8.22. The maximum absolute atomic E-state index is 14.7. The highest BCUT2D eigenvalue weighted by molar-refractivity contribution is 7.89. The lowest BCUT2D eigenvalue weighted by atomic mass is 9.70. The summed E-state index contributed by atoms with van der Waals surface area (Å²) in [4.78, 5) is 19.4. The Labute approximate surface area is 330 Å². The number of ether oxygens (including phenoxy) is 2. The lowest BCUT2D eigenvalue weighted by Gasteiger charge is -2.33. The van der Waals surface area contributed by atoms with Crippen LogP contribution in [0.5, 0.6) is 5.88 Å². The van der Waals surface area contributed by atoms with Gasteiger partial charge in [0.1, 0.15) is 23.0 Å². The third kappa shape index (κ3) is 8.89. The number of benzene rings is 1. The predicted molar refractivity (Wildman–Crippen MR) is 205 cm³/mol. The van der Waals surface area contributed by atoms with Crippen molar-refractivity contribution in [1.82, 2.24) is 28.8 Å². The highest BCUT2D eigenvalue weighted by Gasteiger charge is 2.42. The third-order valence-electron chi connectivity index (χ3n) is 10.8.